The molecule has 0 aliphatic carbocycles. The van der Waals surface area contributed by atoms with E-state index in [1.54, 1.807) is 16.2 Å². The maximum atomic E-state index is 12.8. The molecule has 1 aromatic heterocycles. The van der Waals surface area contributed by atoms with Gasteiger partial charge in [-0.05, 0) is 50.1 Å². The molecule has 3 rings (SSSR count). The van der Waals surface area contributed by atoms with Gasteiger partial charge in [0.15, 0.2) is 0 Å². The van der Waals surface area contributed by atoms with Crippen LogP contribution < -0.4 is 0 Å². The first-order valence-corrected chi connectivity index (χ1v) is 11.4. The maximum Gasteiger partial charge on any atom is 0.410 e. The first-order valence-electron chi connectivity index (χ1n) is 10.4. The van der Waals surface area contributed by atoms with Crippen LogP contribution in [0.5, 0.6) is 0 Å². The first-order chi connectivity index (χ1) is 13.7. The smallest absolute Gasteiger partial charge is 0.410 e. The third-order valence-corrected chi connectivity index (χ3v) is 6.20. The van der Waals surface area contributed by atoms with Crippen LogP contribution in [-0.2, 0) is 16.1 Å². The van der Waals surface area contributed by atoms with Crippen molar-refractivity contribution >= 4 is 23.3 Å². The van der Waals surface area contributed by atoms with Crippen LogP contribution >= 0.6 is 11.3 Å². The molecule has 1 atom stereocenters. The predicted octanol–water partition coefficient (Wildman–Crippen LogP) is 2.33. The Morgan fingerprint density at radius 1 is 1.10 bits per heavy atom. The van der Waals surface area contributed by atoms with E-state index in [0.29, 0.717) is 26.2 Å². The van der Waals surface area contributed by atoms with Gasteiger partial charge in [0.25, 0.3) is 0 Å². The van der Waals surface area contributed by atoms with Crippen LogP contribution in [-0.4, -0.2) is 95.6 Å². The van der Waals surface area contributed by atoms with E-state index in [-0.39, 0.29) is 18.0 Å². The number of piperazine rings is 2. The maximum absolute atomic E-state index is 12.8. The molecule has 0 N–H and O–H groups in total. The minimum atomic E-state index is -0.487. The van der Waals surface area contributed by atoms with Crippen LogP contribution in [0.2, 0.25) is 0 Å². The zero-order chi connectivity index (χ0) is 21.0. The van der Waals surface area contributed by atoms with Crippen molar-refractivity contribution in [3.8, 4) is 0 Å². The molecule has 3 heterocycles. The molecular formula is C21H34N4O3S. The standard InChI is InChI=1S/C21H34N4O3S/c1-17-13-25(20(27)28-21(2,3)4)11-10-24(17)15-19(26)23-8-6-22(7-9-23)14-18-5-12-29-16-18/h5,12,16-17H,6-11,13-15H2,1-4H3. The summed E-state index contributed by atoms with van der Waals surface area (Å²) in [5.74, 6) is 0.192. The van der Waals surface area contributed by atoms with Gasteiger partial charge < -0.3 is 14.5 Å². The number of rotatable bonds is 4. The fraction of sp³-hybridized carbons (Fsp3) is 0.714. The molecule has 0 spiro atoms. The van der Waals surface area contributed by atoms with Crippen LogP contribution in [0.15, 0.2) is 16.8 Å². The van der Waals surface area contributed by atoms with Crippen molar-refractivity contribution < 1.29 is 14.3 Å². The van der Waals surface area contributed by atoms with Crippen LogP contribution in [0.1, 0.15) is 33.3 Å². The largest absolute Gasteiger partial charge is 0.444 e. The summed E-state index contributed by atoms with van der Waals surface area (Å²) >= 11 is 1.73. The molecule has 1 aromatic rings. The van der Waals surface area contributed by atoms with E-state index in [4.69, 9.17) is 4.74 Å². The summed E-state index contributed by atoms with van der Waals surface area (Å²) in [6.07, 6.45) is -0.267. The molecule has 0 aromatic carbocycles. The zero-order valence-corrected chi connectivity index (χ0v) is 18.9. The van der Waals surface area contributed by atoms with Crippen molar-refractivity contribution in [3.05, 3.63) is 22.4 Å². The fourth-order valence-electron chi connectivity index (χ4n) is 3.79. The van der Waals surface area contributed by atoms with Crippen molar-refractivity contribution in [1.29, 1.82) is 0 Å². The van der Waals surface area contributed by atoms with E-state index in [2.05, 4.69) is 33.6 Å². The lowest BCUT2D eigenvalue weighted by atomic mass is 10.2. The highest BCUT2D eigenvalue weighted by Crippen LogP contribution is 2.16. The molecule has 0 radical (unpaired) electrons. The predicted molar refractivity (Wildman–Crippen MR) is 115 cm³/mol. The second kappa shape index (κ2) is 9.45. The van der Waals surface area contributed by atoms with Crippen molar-refractivity contribution in [1.82, 2.24) is 19.6 Å². The average Bonchev–Trinajstić information content (AvgIpc) is 3.15. The molecule has 0 bridgehead atoms. The number of carbonyl (C=O) groups is 2. The molecule has 29 heavy (non-hydrogen) atoms. The van der Waals surface area contributed by atoms with Gasteiger partial charge in [0, 0.05) is 58.4 Å². The quantitative estimate of drug-likeness (QED) is 0.746. The summed E-state index contributed by atoms with van der Waals surface area (Å²) in [7, 11) is 0. The second-order valence-electron chi connectivity index (χ2n) is 9.03. The topological polar surface area (TPSA) is 56.3 Å². The summed E-state index contributed by atoms with van der Waals surface area (Å²) < 4.78 is 5.47. The van der Waals surface area contributed by atoms with Crippen LogP contribution in [0, 0.1) is 0 Å². The highest BCUT2D eigenvalue weighted by Gasteiger charge is 2.32. The molecule has 0 saturated carbocycles. The fourth-order valence-corrected chi connectivity index (χ4v) is 4.45. The number of carbonyl (C=O) groups excluding carboxylic acids is 2. The van der Waals surface area contributed by atoms with Gasteiger partial charge in [-0.3, -0.25) is 14.6 Å². The molecular weight excluding hydrogens is 388 g/mol. The molecule has 162 valence electrons. The van der Waals surface area contributed by atoms with Crippen molar-refractivity contribution in [2.24, 2.45) is 0 Å². The van der Waals surface area contributed by atoms with E-state index in [9.17, 15) is 9.59 Å². The van der Waals surface area contributed by atoms with Gasteiger partial charge in [0.05, 0.1) is 6.54 Å². The van der Waals surface area contributed by atoms with E-state index < -0.39 is 5.60 Å². The van der Waals surface area contributed by atoms with Gasteiger partial charge in [0.2, 0.25) is 5.91 Å². The average molecular weight is 423 g/mol. The number of nitrogens with zero attached hydrogens (tertiary/aromatic N) is 4. The lowest BCUT2D eigenvalue weighted by molar-refractivity contribution is -0.135. The number of hydrogen-bond donors (Lipinski definition) is 0. The molecule has 2 amide bonds. The Labute approximate surface area is 178 Å². The summed E-state index contributed by atoms with van der Waals surface area (Å²) in [6.45, 7) is 14.4. The highest BCUT2D eigenvalue weighted by atomic mass is 32.1. The molecule has 8 heteroatoms. The van der Waals surface area contributed by atoms with Gasteiger partial charge in [-0.2, -0.15) is 11.3 Å². The SMILES string of the molecule is CC1CN(C(=O)OC(C)(C)C)CCN1CC(=O)N1CCN(Cc2ccsc2)CC1. The van der Waals surface area contributed by atoms with Crippen LogP contribution in [0.4, 0.5) is 4.79 Å². The Kier molecular flexibility index (Phi) is 7.19. The van der Waals surface area contributed by atoms with Crippen LogP contribution in [0.3, 0.4) is 0 Å². The van der Waals surface area contributed by atoms with E-state index in [1.807, 2.05) is 25.7 Å². The molecule has 7 nitrogen and oxygen atoms in total. The molecule has 2 aliphatic rings. The monoisotopic (exact) mass is 422 g/mol. The third kappa shape index (κ3) is 6.42. The van der Waals surface area contributed by atoms with E-state index in [1.165, 1.54) is 5.56 Å². The minimum Gasteiger partial charge on any atom is -0.444 e. The van der Waals surface area contributed by atoms with E-state index in [0.717, 1.165) is 32.7 Å². The third-order valence-electron chi connectivity index (χ3n) is 5.47. The van der Waals surface area contributed by atoms with Crippen molar-refractivity contribution in [2.45, 2.75) is 45.9 Å². The highest BCUT2D eigenvalue weighted by molar-refractivity contribution is 7.07. The van der Waals surface area contributed by atoms with Gasteiger partial charge in [-0.15, -0.1) is 0 Å². The molecule has 2 saturated heterocycles. The van der Waals surface area contributed by atoms with Crippen LogP contribution in [0.25, 0.3) is 0 Å². The Bertz CT molecular complexity index is 681. The van der Waals surface area contributed by atoms with Gasteiger partial charge in [-0.25, -0.2) is 4.79 Å². The van der Waals surface area contributed by atoms with Gasteiger partial charge in [0.1, 0.15) is 5.60 Å². The Hall–Kier alpha value is -1.64. The summed E-state index contributed by atoms with van der Waals surface area (Å²) in [5.41, 5.74) is 0.866. The zero-order valence-electron chi connectivity index (χ0n) is 18.1. The van der Waals surface area contributed by atoms with Gasteiger partial charge in [-0.1, -0.05) is 0 Å². The minimum absolute atomic E-state index is 0.139. The Balaban J connectivity index is 1.41. The van der Waals surface area contributed by atoms with E-state index >= 15 is 0 Å². The Morgan fingerprint density at radius 3 is 2.38 bits per heavy atom. The molecule has 2 aliphatic heterocycles. The van der Waals surface area contributed by atoms with Gasteiger partial charge >= 0.3 is 6.09 Å². The molecule has 1 unspecified atom stereocenters. The summed E-state index contributed by atoms with van der Waals surface area (Å²) in [4.78, 5) is 33.4. The number of amides is 2. The lowest BCUT2D eigenvalue weighted by Gasteiger charge is -2.41. The Morgan fingerprint density at radius 2 is 1.79 bits per heavy atom. The number of thiophene rings is 1. The second-order valence-corrected chi connectivity index (χ2v) is 9.81. The summed E-state index contributed by atoms with van der Waals surface area (Å²) in [6, 6.07) is 2.31. The number of ether oxygens (including phenoxy) is 1. The van der Waals surface area contributed by atoms with Crippen molar-refractivity contribution in [3.63, 3.8) is 0 Å². The summed E-state index contributed by atoms with van der Waals surface area (Å²) in [5, 5.41) is 4.30. The molecule has 2 fully saturated rings. The normalized spacial score (nSPS) is 22.0. The first kappa shape index (κ1) is 22.1. The van der Waals surface area contributed by atoms with Crippen molar-refractivity contribution in [2.75, 3.05) is 52.4 Å². The lowest BCUT2D eigenvalue weighted by Crippen LogP contribution is -2.57. The number of hydrogen-bond acceptors (Lipinski definition) is 6.